The number of nitrogens with one attached hydrogen (secondary N) is 1. The van der Waals surface area contributed by atoms with E-state index in [1.807, 2.05) is 11.8 Å². The number of fused-ring (bicyclic) bond motifs is 2. The number of likely N-dealkylation sites (tertiary alicyclic amines) is 1. The Hall–Kier alpha value is -3.92. The van der Waals surface area contributed by atoms with Crippen LogP contribution < -0.4 is 14.2 Å². The average Bonchev–Trinajstić information content (AvgIpc) is 3.20. The standard InChI is InChI=1S/C26H25FN4O5/c1-15-7-16-18(30-15)3-4-20(24(16)27)36-25-17-8-21(33-2)22(9-19(17)28-14-29-25)35-6-5-23(32)31-10-26(11-31)12-34-13-26/h3-4,7-9,14,30H,5-6,10-13H2,1-2H3. The number of benzene rings is 2. The zero-order valence-electron chi connectivity index (χ0n) is 20.0. The molecule has 2 aliphatic heterocycles. The quantitative estimate of drug-likeness (QED) is 0.417. The third-order valence-corrected chi connectivity index (χ3v) is 6.72. The van der Waals surface area contributed by atoms with Gasteiger partial charge in [0.1, 0.15) is 6.33 Å². The molecule has 0 atom stereocenters. The van der Waals surface area contributed by atoms with E-state index in [1.54, 1.807) is 30.3 Å². The molecule has 6 rings (SSSR count). The number of rotatable bonds is 7. The van der Waals surface area contributed by atoms with Gasteiger partial charge < -0.3 is 28.8 Å². The summed E-state index contributed by atoms with van der Waals surface area (Å²) in [6.45, 7) is 5.05. The number of H-pyrrole nitrogens is 1. The minimum atomic E-state index is -0.474. The van der Waals surface area contributed by atoms with Gasteiger partial charge in [-0.15, -0.1) is 0 Å². The fourth-order valence-corrected chi connectivity index (χ4v) is 4.78. The third kappa shape index (κ3) is 3.87. The summed E-state index contributed by atoms with van der Waals surface area (Å²) < 4.78 is 37.6. The maximum absolute atomic E-state index is 15.1. The second kappa shape index (κ2) is 8.63. The molecule has 2 aromatic carbocycles. The molecule has 0 aliphatic carbocycles. The van der Waals surface area contributed by atoms with Crippen molar-refractivity contribution >= 4 is 27.7 Å². The largest absolute Gasteiger partial charge is 0.493 e. The van der Waals surface area contributed by atoms with Crippen molar-refractivity contribution in [1.82, 2.24) is 19.9 Å². The molecule has 0 unspecified atom stereocenters. The topological polar surface area (TPSA) is 98.8 Å². The van der Waals surface area contributed by atoms with Gasteiger partial charge in [0.05, 0.1) is 49.7 Å². The Morgan fingerprint density at radius 3 is 2.72 bits per heavy atom. The van der Waals surface area contributed by atoms with E-state index in [9.17, 15) is 4.79 Å². The molecule has 36 heavy (non-hydrogen) atoms. The predicted octanol–water partition coefficient (Wildman–Crippen LogP) is 3.99. The van der Waals surface area contributed by atoms with Crippen molar-refractivity contribution < 1.29 is 28.1 Å². The van der Waals surface area contributed by atoms with Crippen molar-refractivity contribution in [3.8, 4) is 23.1 Å². The fraction of sp³-hybridized carbons (Fsp3) is 0.346. The minimum Gasteiger partial charge on any atom is -0.493 e. The highest BCUT2D eigenvalue weighted by Crippen LogP contribution is 2.39. The van der Waals surface area contributed by atoms with Crippen LogP contribution in [0.3, 0.4) is 0 Å². The molecule has 2 aromatic heterocycles. The highest BCUT2D eigenvalue weighted by molar-refractivity contribution is 5.87. The minimum absolute atomic E-state index is 0.0561. The van der Waals surface area contributed by atoms with E-state index in [0.29, 0.717) is 33.3 Å². The summed E-state index contributed by atoms with van der Waals surface area (Å²) in [4.78, 5) is 25.9. The average molecular weight is 493 g/mol. The van der Waals surface area contributed by atoms with Gasteiger partial charge in [-0.25, -0.2) is 14.4 Å². The second-order valence-electron chi connectivity index (χ2n) is 9.43. The Kier molecular flexibility index (Phi) is 5.40. The van der Waals surface area contributed by atoms with Gasteiger partial charge in [-0.3, -0.25) is 4.79 Å². The van der Waals surface area contributed by atoms with E-state index < -0.39 is 5.82 Å². The van der Waals surface area contributed by atoms with Gasteiger partial charge in [-0.1, -0.05) is 0 Å². The van der Waals surface area contributed by atoms with Gasteiger partial charge in [0.15, 0.2) is 23.1 Å². The number of carbonyl (C=O) groups is 1. The van der Waals surface area contributed by atoms with Gasteiger partial charge in [0.25, 0.3) is 0 Å². The van der Waals surface area contributed by atoms with Gasteiger partial charge in [0.2, 0.25) is 11.8 Å². The first-order chi connectivity index (χ1) is 17.4. The van der Waals surface area contributed by atoms with Crippen LogP contribution in [0.2, 0.25) is 0 Å². The molecule has 2 saturated heterocycles. The predicted molar refractivity (Wildman–Crippen MR) is 129 cm³/mol. The maximum Gasteiger partial charge on any atom is 0.230 e. The van der Waals surface area contributed by atoms with E-state index in [-0.39, 0.29) is 36.0 Å². The molecule has 1 N–H and O–H groups in total. The Labute approximate surface area is 206 Å². The first-order valence-electron chi connectivity index (χ1n) is 11.7. The van der Waals surface area contributed by atoms with Crippen molar-refractivity contribution in [3.05, 3.63) is 48.2 Å². The van der Waals surface area contributed by atoms with E-state index in [2.05, 4.69) is 15.0 Å². The summed E-state index contributed by atoms with van der Waals surface area (Å²) in [6.07, 6.45) is 1.61. The van der Waals surface area contributed by atoms with Crippen LogP contribution in [0.15, 0.2) is 36.7 Å². The molecule has 9 nitrogen and oxygen atoms in total. The Morgan fingerprint density at radius 2 is 1.97 bits per heavy atom. The monoisotopic (exact) mass is 492 g/mol. The van der Waals surface area contributed by atoms with E-state index in [4.69, 9.17) is 18.9 Å². The number of hydrogen-bond donors (Lipinski definition) is 1. The van der Waals surface area contributed by atoms with Crippen molar-refractivity contribution in [3.63, 3.8) is 0 Å². The summed E-state index contributed by atoms with van der Waals surface area (Å²) >= 11 is 0. The number of carbonyl (C=O) groups excluding carboxylic acids is 1. The molecule has 0 bridgehead atoms. The van der Waals surface area contributed by atoms with Crippen LogP contribution in [0.25, 0.3) is 21.8 Å². The molecular weight excluding hydrogens is 467 g/mol. The molecule has 4 heterocycles. The number of halogens is 1. The van der Waals surface area contributed by atoms with Crippen LogP contribution in [-0.2, 0) is 9.53 Å². The van der Waals surface area contributed by atoms with Crippen LogP contribution in [0, 0.1) is 18.2 Å². The Bertz CT molecular complexity index is 1470. The molecular formula is C26H25FN4O5. The fourth-order valence-electron chi connectivity index (χ4n) is 4.78. The molecule has 4 aromatic rings. The lowest BCUT2D eigenvalue weighted by Crippen LogP contribution is -2.67. The highest BCUT2D eigenvalue weighted by atomic mass is 19.1. The number of aryl methyl sites for hydroxylation is 1. The van der Waals surface area contributed by atoms with Crippen LogP contribution in [-0.4, -0.2) is 65.8 Å². The number of hydrogen-bond acceptors (Lipinski definition) is 7. The lowest BCUT2D eigenvalue weighted by molar-refractivity contribution is -0.195. The number of aromatic nitrogens is 3. The van der Waals surface area contributed by atoms with Crippen LogP contribution in [0.5, 0.6) is 23.1 Å². The SMILES string of the molecule is COc1cc2c(Oc3ccc4[nH]c(C)cc4c3F)ncnc2cc1OCCC(=O)N1CC2(COC2)C1. The summed E-state index contributed by atoms with van der Waals surface area (Å²) in [7, 11) is 1.52. The van der Waals surface area contributed by atoms with E-state index in [1.165, 1.54) is 13.4 Å². The molecule has 10 heteroatoms. The summed E-state index contributed by atoms with van der Waals surface area (Å²) in [5.41, 5.74) is 2.27. The highest BCUT2D eigenvalue weighted by Gasteiger charge is 2.50. The number of ether oxygens (including phenoxy) is 4. The van der Waals surface area contributed by atoms with Crippen molar-refractivity contribution in [2.75, 3.05) is 40.0 Å². The molecule has 2 fully saturated rings. The lowest BCUT2D eigenvalue weighted by Gasteiger charge is -2.55. The van der Waals surface area contributed by atoms with Gasteiger partial charge in [-0.05, 0) is 31.2 Å². The summed E-state index contributed by atoms with van der Waals surface area (Å²) in [6, 6.07) is 8.44. The maximum atomic E-state index is 15.1. The number of methoxy groups -OCH3 is 1. The number of nitrogens with zero attached hydrogens (tertiary/aromatic N) is 3. The van der Waals surface area contributed by atoms with Gasteiger partial charge in [-0.2, -0.15) is 0 Å². The molecule has 0 saturated carbocycles. The summed E-state index contributed by atoms with van der Waals surface area (Å²) in [5, 5.41) is 0.983. The molecule has 1 spiro atoms. The first kappa shape index (κ1) is 22.5. The first-order valence-corrected chi connectivity index (χ1v) is 11.7. The van der Waals surface area contributed by atoms with Gasteiger partial charge in [0, 0.05) is 35.8 Å². The van der Waals surface area contributed by atoms with Crippen molar-refractivity contribution in [1.29, 1.82) is 0 Å². The zero-order chi connectivity index (χ0) is 24.9. The van der Waals surface area contributed by atoms with E-state index >= 15 is 4.39 Å². The van der Waals surface area contributed by atoms with E-state index in [0.717, 1.165) is 32.0 Å². The zero-order valence-corrected chi connectivity index (χ0v) is 20.0. The third-order valence-electron chi connectivity index (χ3n) is 6.72. The van der Waals surface area contributed by atoms with Crippen LogP contribution in [0.1, 0.15) is 12.1 Å². The number of amides is 1. The summed E-state index contributed by atoms with van der Waals surface area (Å²) in [5.74, 6) is 0.712. The van der Waals surface area contributed by atoms with Crippen LogP contribution >= 0.6 is 0 Å². The second-order valence-corrected chi connectivity index (χ2v) is 9.43. The molecule has 2 aliphatic rings. The Morgan fingerprint density at radius 1 is 1.14 bits per heavy atom. The Balaban J connectivity index is 1.19. The van der Waals surface area contributed by atoms with Crippen LogP contribution in [0.4, 0.5) is 4.39 Å². The van der Waals surface area contributed by atoms with Crippen molar-refractivity contribution in [2.45, 2.75) is 13.3 Å². The molecule has 1 amide bonds. The molecule has 0 radical (unpaired) electrons. The number of aromatic amines is 1. The lowest BCUT2D eigenvalue weighted by atomic mass is 9.78. The molecule has 186 valence electrons. The smallest absolute Gasteiger partial charge is 0.230 e. The van der Waals surface area contributed by atoms with Crippen molar-refractivity contribution in [2.24, 2.45) is 5.41 Å². The normalized spacial score (nSPS) is 16.1. The van der Waals surface area contributed by atoms with Gasteiger partial charge >= 0.3 is 0 Å².